The second kappa shape index (κ2) is 7.49. The third-order valence-electron chi connectivity index (χ3n) is 4.42. The van der Waals surface area contributed by atoms with E-state index in [1.807, 2.05) is 12.3 Å². The van der Waals surface area contributed by atoms with E-state index in [4.69, 9.17) is 0 Å². The Morgan fingerprint density at radius 3 is 2.91 bits per heavy atom. The number of nitrogens with zero attached hydrogens (tertiary/aromatic N) is 1. The van der Waals surface area contributed by atoms with Gasteiger partial charge in [-0.3, -0.25) is 4.99 Å². The molecule has 0 saturated heterocycles. The first kappa shape index (κ1) is 15.8. The summed E-state index contributed by atoms with van der Waals surface area (Å²) in [5.74, 6) is 1.63. The van der Waals surface area contributed by atoms with Crippen molar-refractivity contribution in [2.45, 2.75) is 32.1 Å². The van der Waals surface area contributed by atoms with Crippen molar-refractivity contribution in [1.29, 1.82) is 0 Å². The molecule has 0 bridgehead atoms. The van der Waals surface area contributed by atoms with Crippen LogP contribution < -0.4 is 10.6 Å². The Labute approximate surface area is 136 Å². The number of benzene rings is 1. The van der Waals surface area contributed by atoms with Crippen LogP contribution in [0.5, 0.6) is 0 Å². The normalized spacial score (nSPS) is 15.1. The minimum atomic E-state index is -0.208. The number of halogens is 1. The number of H-pyrrole nitrogens is 1. The van der Waals surface area contributed by atoms with Crippen LogP contribution in [-0.4, -0.2) is 31.1 Å². The summed E-state index contributed by atoms with van der Waals surface area (Å²) in [5, 5.41) is 7.78. The number of aromatic amines is 1. The van der Waals surface area contributed by atoms with Crippen molar-refractivity contribution in [3.05, 3.63) is 35.8 Å². The molecule has 1 aromatic carbocycles. The van der Waals surface area contributed by atoms with Crippen molar-refractivity contribution in [2.24, 2.45) is 10.9 Å². The first-order chi connectivity index (χ1) is 11.3. The predicted molar refractivity (Wildman–Crippen MR) is 93.3 cm³/mol. The van der Waals surface area contributed by atoms with E-state index in [1.165, 1.54) is 43.4 Å². The van der Waals surface area contributed by atoms with Gasteiger partial charge in [0, 0.05) is 37.2 Å². The zero-order valence-corrected chi connectivity index (χ0v) is 13.7. The lowest BCUT2D eigenvalue weighted by Crippen LogP contribution is -2.38. The molecule has 0 unspecified atom stereocenters. The van der Waals surface area contributed by atoms with Crippen LogP contribution in [0.3, 0.4) is 0 Å². The van der Waals surface area contributed by atoms with E-state index in [0.717, 1.165) is 42.3 Å². The zero-order chi connectivity index (χ0) is 16.1. The SMILES string of the molecule is CN=C(NCCCC1CC1)NCCc1c[nH]c2cc(F)ccc12. The third kappa shape index (κ3) is 4.47. The molecule has 124 valence electrons. The first-order valence-corrected chi connectivity index (χ1v) is 8.46. The maximum Gasteiger partial charge on any atom is 0.190 e. The Morgan fingerprint density at radius 1 is 1.30 bits per heavy atom. The van der Waals surface area contributed by atoms with Crippen LogP contribution in [0.4, 0.5) is 4.39 Å². The number of hydrogen-bond donors (Lipinski definition) is 3. The van der Waals surface area contributed by atoms with Gasteiger partial charge in [0.2, 0.25) is 0 Å². The number of guanidine groups is 1. The molecule has 0 atom stereocenters. The van der Waals surface area contributed by atoms with Crippen molar-refractivity contribution in [3.8, 4) is 0 Å². The summed E-state index contributed by atoms with van der Waals surface area (Å²) in [7, 11) is 1.80. The largest absolute Gasteiger partial charge is 0.361 e. The van der Waals surface area contributed by atoms with Crippen molar-refractivity contribution in [3.63, 3.8) is 0 Å². The van der Waals surface area contributed by atoms with Gasteiger partial charge in [-0.1, -0.05) is 12.8 Å². The van der Waals surface area contributed by atoms with E-state index in [2.05, 4.69) is 20.6 Å². The maximum absolute atomic E-state index is 13.2. The van der Waals surface area contributed by atoms with E-state index < -0.39 is 0 Å². The van der Waals surface area contributed by atoms with Gasteiger partial charge < -0.3 is 15.6 Å². The summed E-state index contributed by atoms with van der Waals surface area (Å²) in [4.78, 5) is 7.38. The lowest BCUT2D eigenvalue weighted by atomic mass is 10.1. The fourth-order valence-corrected chi connectivity index (χ4v) is 2.91. The highest BCUT2D eigenvalue weighted by Gasteiger charge is 2.19. The van der Waals surface area contributed by atoms with E-state index in [9.17, 15) is 4.39 Å². The van der Waals surface area contributed by atoms with Crippen LogP contribution in [0, 0.1) is 11.7 Å². The molecule has 2 aromatic rings. The van der Waals surface area contributed by atoms with Crippen molar-refractivity contribution in [2.75, 3.05) is 20.1 Å². The average molecular weight is 316 g/mol. The van der Waals surface area contributed by atoms with Crippen LogP contribution in [0.15, 0.2) is 29.4 Å². The van der Waals surface area contributed by atoms with Crippen molar-refractivity contribution < 1.29 is 4.39 Å². The van der Waals surface area contributed by atoms with Crippen LogP contribution in [0.25, 0.3) is 10.9 Å². The molecule has 3 N–H and O–H groups in total. The molecule has 4 nitrogen and oxygen atoms in total. The van der Waals surface area contributed by atoms with Gasteiger partial charge in [0.1, 0.15) is 5.82 Å². The fraction of sp³-hybridized carbons (Fsp3) is 0.500. The summed E-state index contributed by atoms with van der Waals surface area (Å²) >= 11 is 0. The first-order valence-electron chi connectivity index (χ1n) is 8.46. The molecule has 1 aromatic heterocycles. The minimum absolute atomic E-state index is 0.208. The highest BCUT2D eigenvalue weighted by Crippen LogP contribution is 2.33. The van der Waals surface area contributed by atoms with Crippen LogP contribution >= 0.6 is 0 Å². The van der Waals surface area contributed by atoms with Gasteiger partial charge in [-0.05, 0) is 48.9 Å². The number of hydrogen-bond acceptors (Lipinski definition) is 1. The van der Waals surface area contributed by atoms with Gasteiger partial charge in [-0.25, -0.2) is 4.39 Å². The monoisotopic (exact) mass is 316 g/mol. The van der Waals surface area contributed by atoms with E-state index >= 15 is 0 Å². The number of nitrogens with one attached hydrogen (secondary N) is 3. The van der Waals surface area contributed by atoms with Crippen LogP contribution in [-0.2, 0) is 6.42 Å². The molecule has 1 saturated carbocycles. The molecule has 0 spiro atoms. The minimum Gasteiger partial charge on any atom is -0.361 e. The topological polar surface area (TPSA) is 52.2 Å². The Balaban J connectivity index is 1.43. The van der Waals surface area contributed by atoms with E-state index in [1.54, 1.807) is 7.05 Å². The average Bonchev–Trinajstić information content (AvgIpc) is 3.30. The smallest absolute Gasteiger partial charge is 0.190 e. The van der Waals surface area contributed by atoms with E-state index in [-0.39, 0.29) is 5.82 Å². The van der Waals surface area contributed by atoms with Crippen LogP contribution in [0.2, 0.25) is 0 Å². The highest BCUT2D eigenvalue weighted by atomic mass is 19.1. The zero-order valence-electron chi connectivity index (χ0n) is 13.7. The van der Waals surface area contributed by atoms with E-state index in [0.29, 0.717) is 0 Å². The molecular formula is C18H25FN4. The van der Waals surface area contributed by atoms with Gasteiger partial charge >= 0.3 is 0 Å². The Kier molecular flexibility index (Phi) is 5.16. The second-order valence-electron chi connectivity index (χ2n) is 6.27. The maximum atomic E-state index is 13.2. The van der Waals surface area contributed by atoms with Gasteiger partial charge in [-0.15, -0.1) is 0 Å². The Bertz CT molecular complexity index is 673. The van der Waals surface area contributed by atoms with Gasteiger partial charge in [0.15, 0.2) is 5.96 Å². The highest BCUT2D eigenvalue weighted by molar-refractivity contribution is 5.83. The molecule has 1 aliphatic rings. The Morgan fingerprint density at radius 2 is 2.13 bits per heavy atom. The molecule has 0 radical (unpaired) electrons. The Hall–Kier alpha value is -2.04. The molecular weight excluding hydrogens is 291 g/mol. The summed E-state index contributed by atoms with van der Waals surface area (Å²) in [6.07, 6.45) is 8.20. The second-order valence-corrected chi connectivity index (χ2v) is 6.27. The molecule has 1 aliphatic carbocycles. The summed E-state index contributed by atoms with van der Waals surface area (Å²) < 4.78 is 13.2. The molecule has 0 aliphatic heterocycles. The van der Waals surface area contributed by atoms with Gasteiger partial charge in [0.05, 0.1) is 0 Å². The number of rotatable bonds is 7. The lowest BCUT2D eigenvalue weighted by Gasteiger charge is -2.11. The van der Waals surface area contributed by atoms with Crippen molar-refractivity contribution >= 4 is 16.9 Å². The summed E-state index contributed by atoms with van der Waals surface area (Å²) in [5.41, 5.74) is 2.04. The summed E-state index contributed by atoms with van der Waals surface area (Å²) in [6.45, 7) is 1.77. The fourth-order valence-electron chi connectivity index (χ4n) is 2.91. The molecule has 0 amide bonds. The summed E-state index contributed by atoms with van der Waals surface area (Å²) in [6, 6.07) is 4.88. The quantitative estimate of drug-likeness (QED) is 0.417. The number of aliphatic imine (C=N–C) groups is 1. The number of aromatic nitrogens is 1. The molecule has 1 heterocycles. The predicted octanol–water partition coefficient (Wildman–Crippen LogP) is 3.20. The molecule has 3 rings (SSSR count). The van der Waals surface area contributed by atoms with Gasteiger partial charge in [-0.2, -0.15) is 0 Å². The lowest BCUT2D eigenvalue weighted by molar-refractivity contribution is 0.629. The third-order valence-corrected chi connectivity index (χ3v) is 4.42. The molecule has 1 fully saturated rings. The van der Waals surface area contributed by atoms with Gasteiger partial charge in [0.25, 0.3) is 0 Å². The number of fused-ring (bicyclic) bond motifs is 1. The van der Waals surface area contributed by atoms with Crippen LogP contribution in [0.1, 0.15) is 31.2 Å². The van der Waals surface area contributed by atoms with Crippen molar-refractivity contribution in [1.82, 2.24) is 15.6 Å². The standard InChI is InChI=1S/C18H25FN4/c1-20-18(21-9-2-3-13-4-5-13)22-10-8-14-12-23-17-11-15(19)6-7-16(14)17/h6-7,11-13,23H,2-5,8-10H2,1H3,(H2,20,21,22). The molecule has 5 heteroatoms. The molecule has 23 heavy (non-hydrogen) atoms.